The zero-order valence-electron chi connectivity index (χ0n) is 15.2. The van der Waals surface area contributed by atoms with Gasteiger partial charge in [0.15, 0.2) is 11.6 Å². The first-order valence-corrected chi connectivity index (χ1v) is 9.03. The molecule has 4 nitrogen and oxygen atoms in total. The second kappa shape index (κ2) is 8.52. The number of benzene rings is 2. The van der Waals surface area contributed by atoms with Gasteiger partial charge in [0.1, 0.15) is 18.0 Å². The summed E-state index contributed by atoms with van der Waals surface area (Å²) in [6, 6.07) is 13.8. The number of phenols is 1. The topological polar surface area (TPSA) is 41.9 Å². The van der Waals surface area contributed by atoms with E-state index in [0.717, 1.165) is 38.9 Å². The standard InChI is InChI=1S/C21H26FNO3/c1-25-21(16-26-20-6-3-2-5-19(20)22)11-4-13-23(14-12-21)15-17-7-9-18(24)10-8-17/h2-3,5-10,24H,4,11-16H2,1H3/t21-/m0/s1. The monoisotopic (exact) mass is 359 g/mol. The van der Waals surface area contributed by atoms with Gasteiger partial charge in [-0.1, -0.05) is 24.3 Å². The van der Waals surface area contributed by atoms with Gasteiger partial charge in [0.2, 0.25) is 0 Å². The number of methoxy groups -OCH3 is 1. The Morgan fingerprint density at radius 1 is 1.08 bits per heavy atom. The Balaban J connectivity index is 1.59. The van der Waals surface area contributed by atoms with Gasteiger partial charge in [-0.05, 0) is 55.6 Å². The van der Waals surface area contributed by atoms with Gasteiger partial charge in [-0.15, -0.1) is 0 Å². The number of rotatable bonds is 6. The lowest BCUT2D eigenvalue weighted by molar-refractivity contribution is -0.0548. The summed E-state index contributed by atoms with van der Waals surface area (Å²) in [6.45, 7) is 3.05. The van der Waals surface area contributed by atoms with Crippen LogP contribution in [0.3, 0.4) is 0 Å². The number of para-hydroxylation sites is 1. The molecule has 140 valence electrons. The third-order valence-corrected chi connectivity index (χ3v) is 5.09. The molecular weight excluding hydrogens is 333 g/mol. The third-order valence-electron chi connectivity index (χ3n) is 5.09. The van der Waals surface area contributed by atoms with Crippen molar-refractivity contribution >= 4 is 0 Å². The van der Waals surface area contributed by atoms with Gasteiger partial charge in [0.05, 0.1) is 0 Å². The molecule has 3 rings (SSSR count). The summed E-state index contributed by atoms with van der Waals surface area (Å²) in [5, 5.41) is 9.41. The molecule has 1 atom stereocenters. The van der Waals surface area contributed by atoms with Gasteiger partial charge in [0, 0.05) is 20.2 Å². The van der Waals surface area contributed by atoms with E-state index in [1.165, 1.54) is 11.6 Å². The van der Waals surface area contributed by atoms with Crippen LogP contribution in [-0.2, 0) is 11.3 Å². The van der Waals surface area contributed by atoms with Crippen molar-refractivity contribution < 1.29 is 19.0 Å². The van der Waals surface area contributed by atoms with Crippen LogP contribution >= 0.6 is 0 Å². The molecule has 0 aromatic heterocycles. The zero-order chi connectivity index (χ0) is 18.4. The molecule has 0 bridgehead atoms. The fourth-order valence-electron chi connectivity index (χ4n) is 3.42. The summed E-state index contributed by atoms with van der Waals surface area (Å²) in [5.41, 5.74) is 0.779. The summed E-state index contributed by atoms with van der Waals surface area (Å²) >= 11 is 0. The van der Waals surface area contributed by atoms with Crippen LogP contribution in [0.15, 0.2) is 48.5 Å². The normalized spacial score (nSPS) is 21.3. The first kappa shape index (κ1) is 18.7. The molecule has 26 heavy (non-hydrogen) atoms. The summed E-state index contributed by atoms with van der Waals surface area (Å²) < 4.78 is 25.4. The number of hydrogen-bond donors (Lipinski definition) is 1. The predicted molar refractivity (Wildman–Crippen MR) is 98.9 cm³/mol. The first-order chi connectivity index (χ1) is 12.6. The molecule has 5 heteroatoms. The molecular formula is C21H26FNO3. The summed E-state index contributed by atoms with van der Waals surface area (Å²) in [4.78, 5) is 2.39. The van der Waals surface area contributed by atoms with Crippen LogP contribution in [0.5, 0.6) is 11.5 Å². The maximum atomic E-state index is 13.8. The molecule has 2 aromatic rings. The summed E-state index contributed by atoms with van der Waals surface area (Å²) in [5.74, 6) is 0.212. The molecule has 0 spiro atoms. The van der Waals surface area contributed by atoms with Crippen LogP contribution in [0.1, 0.15) is 24.8 Å². The van der Waals surface area contributed by atoms with Crippen LogP contribution in [0.2, 0.25) is 0 Å². The van der Waals surface area contributed by atoms with E-state index in [0.29, 0.717) is 6.61 Å². The van der Waals surface area contributed by atoms with Crippen LogP contribution in [0.4, 0.5) is 4.39 Å². The molecule has 0 amide bonds. The predicted octanol–water partition coefficient (Wildman–Crippen LogP) is 3.98. The van der Waals surface area contributed by atoms with E-state index >= 15 is 0 Å². The molecule has 0 aliphatic carbocycles. The highest BCUT2D eigenvalue weighted by molar-refractivity contribution is 5.26. The molecule has 2 aromatic carbocycles. The van der Waals surface area contributed by atoms with Gasteiger partial charge in [-0.25, -0.2) is 4.39 Å². The van der Waals surface area contributed by atoms with Crippen molar-refractivity contribution in [3.8, 4) is 11.5 Å². The van der Waals surface area contributed by atoms with Crippen molar-refractivity contribution in [2.24, 2.45) is 0 Å². The van der Waals surface area contributed by atoms with Crippen molar-refractivity contribution in [3.63, 3.8) is 0 Å². The number of ether oxygens (including phenoxy) is 2. The second-order valence-corrected chi connectivity index (χ2v) is 6.90. The van der Waals surface area contributed by atoms with Crippen LogP contribution < -0.4 is 4.74 Å². The van der Waals surface area contributed by atoms with Crippen molar-refractivity contribution in [1.29, 1.82) is 0 Å². The lowest BCUT2D eigenvalue weighted by Gasteiger charge is -2.31. The van der Waals surface area contributed by atoms with Crippen molar-refractivity contribution in [2.45, 2.75) is 31.4 Å². The van der Waals surface area contributed by atoms with Crippen LogP contribution in [0.25, 0.3) is 0 Å². The summed E-state index contributed by atoms with van der Waals surface area (Å²) in [6.07, 6.45) is 2.70. The average Bonchev–Trinajstić information content (AvgIpc) is 2.86. The molecule has 1 saturated heterocycles. The highest BCUT2D eigenvalue weighted by Gasteiger charge is 2.33. The van der Waals surface area contributed by atoms with Gasteiger partial charge in [0.25, 0.3) is 0 Å². The number of phenolic OH excluding ortho intramolecular Hbond substituents is 1. The Morgan fingerprint density at radius 2 is 1.85 bits per heavy atom. The number of halogens is 1. The van der Waals surface area contributed by atoms with Crippen LogP contribution in [0, 0.1) is 5.82 Å². The minimum absolute atomic E-state index is 0.272. The van der Waals surface area contributed by atoms with E-state index in [1.807, 2.05) is 12.1 Å². The van der Waals surface area contributed by atoms with E-state index in [4.69, 9.17) is 9.47 Å². The Kier molecular flexibility index (Phi) is 6.12. The highest BCUT2D eigenvalue weighted by Crippen LogP contribution is 2.28. The Hall–Kier alpha value is -2.11. The number of aromatic hydroxyl groups is 1. The molecule has 0 radical (unpaired) electrons. The number of hydrogen-bond acceptors (Lipinski definition) is 4. The average molecular weight is 359 g/mol. The molecule has 0 saturated carbocycles. The fraction of sp³-hybridized carbons (Fsp3) is 0.429. The van der Waals surface area contributed by atoms with Gasteiger partial charge < -0.3 is 14.6 Å². The van der Waals surface area contributed by atoms with Gasteiger partial charge in [-0.3, -0.25) is 4.90 Å². The minimum Gasteiger partial charge on any atom is -0.508 e. The molecule has 1 fully saturated rings. The minimum atomic E-state index is -0.397. The first-order valence-electron chi connectivity index (χ1n) is 9.03. The Bertz CT molecular complexity index is 707. The van der Waals surface area contributed by atoms with Crippen molar-refractivity contribution in [3.05, 3.63) is 59.9 Å². The van der Waals surface area contributed by atoms with E-state index in [9.17, 15) is 9.50 Å². The lowest BCUT2D eigenvalue weighted by Crippen LogP contribution is -2.39. The fourth-order valence-corrected chi connectivity index (χ4v) is 3.42. The highest BCUT2D eigenvalue weighted by atomic mass is 19.1. The Morgan fingerprint density at radius 3 is 2.58 bits per heavy atom. The summed E-state index contributed by atoms with van der Waals surface area (Å²) in [7, 11) is 1.71. The van der Waals surface area contributed by atoms with E-state index in [-0.39, 0.29) is 17.3 Å². The smallest absolute Gasteiger partial charge is 0.165 e. The quantitative estimate of drug-likeness (QED) is 0.847. The second-order valence-electron chi connectivity index (χ2n) is 6.90. The molecule has 1 heterocycles. The van der Waals surface area contributed by atoms with E-state index in [2.05, 4.69) is 4.90 Å². The van der Waals surface area contributed by atoms with Gasteiger partial charge >= 0.3 is 0 Å². The van der Waals surface area contributed by atoms with Crippen molar-refractivity contribution in [1.82, 2.24) is 4.90 Å². The zero-order valence-corrected chi connectivity index (χ0v) is 15.2. The largest absolute Gasteiger partial charge is 0.508 e. The third kappa shape index (κ3) is 4.74. The van der Waals surface area contributed by atoms with Crippen molar-refractivity contribution in [2.75, 3.05) is 26.8 Å². The SMILES string of the molecule is CO[C@@]1(COc2ccccc2F)CCCN(Cc2ccc(O)cc2)CC1. The Labute approximate surface area is 154 Å². The molecule has 1 aliphatic heterocycles. The molecule has 1 N–H and O–H groups in total. The molecule has 1 aliphatic rings. The van der Waals surface area contributed by atoms with E-state index in [1.54, 1.807) is 37.4 Å². The van der Waals surface area contributed by atoms with E-state index < -0.39 is 5.60 Å². The number of likely N-dealkylation sites (tertiary alicyclic amines) is 1. The maximum absolute atomic E-state index is 13.8. The maximum Gasteiger partial charge on any atom is 0.165 e. The number of nitrogens with zero attached hydrogens (tertiary/aromatic N) is 1. The molecule has 0 unspecified atom stereocenters. The van der Waals surface area contributed by atoms with Crippen LogP contribution in [-0.4, -0.2) is 42.4 Å². The lowest BCUT2D eigenvalue weighted by atomic mass is 9.95. The van der Waals surface area contributed by atoms with Gasteiger partial charge in [-0.2, -0.15) is 0 Å².